The van der Waals surface area contributed by atoms with Crippen LogP contribution in [0.25, 0.3) is 0 Å². The third-order valence-electron chi connectivity index (χ3n) is 3.58. The molecule has 0 unspecified atom stereocenters. The molecule has 2 amide bonds. The summed E-state index contributed by atoms with van der Waals surface area (Å²) in [5.41, 5.74) is -2.21. The maximum absolute atomic E-state index is 12.2. The molecular weight excluding hydrogens is 378 g/mol. The van der Waals surface area contributed by atoms with Crippen LogP contribution < -0.4 is 5.32 Å². The average molecular weight is 391 g/mol. The Morgan fingerprint density at radius 2 is 1.29 bits per heavy atom. The van der Waals surface area contributed by atoms with Crippen molar-refractivity contribution in [1.29, 1.82) is 0 Å². The molecule has 11 nitrogen and oxygen atoms in total. The number of hydrogen-bond donors (Lipinski definition) is 7. The quantitative estimate of drug-likeness (QED) is 0.276. The van der Waals surface area contributed by atoms with Gasteiger partial charge in [0.15, 0.2) is 0 Å². The Hall–Kier alpha value is -4.28. The molecule has 0 saturated carbocycles. The molecule has 0 bridgehead atoms. The molecule has 0 aliphatic heterocycles. The van der Waals surface area contributed by atoms with Crippen molar-refractivity contribution in [2.45, 2.75) is 6.42 Å². The second-order valence-corrected chi connectivity index (χ2v) is 5.55. The number of phenolic OH excluding ortho intramolecular Hbond substituents is 3. The number of rotatable bonds is 5. The molecule has 0 aliphatic carbocycles. The normalized spacial score (nSPS) is 10.3. The standard InChI is InChI=1S/C17H13NO10/c19-7-1-6(2-13(22)23)14(24)10(3-7)16(26)18-15(25)8-4-12(21)9(17(27)28)5-11(8)20/h1,3-5,19-21,24H,2H2,(H,22,23)(H,27,28)(H,18,25,26). The van der Waals surface area contributed by atoms with Crippen molar-refractivity contribution in [2.24, 2.45) is 0 Å². The Labute approximate surface area is 155 Å². The average Bonchev–Trinajstić information content (AvgIpc) is 2.58. The van der Waals surface area contributed by atoms with Gasteiger partial charge >= 0.3 is 11.9 Å². The highest BCUT2D eigenvalue weighted by Crippen LogP contribution is 2.30. The largest absolute Gasteiger partial charge is 0.508 e. The van der Waals surface area contributed by atoms with Gasteiger partial charge in [0, 0.05) is 5.56 Å². The lowest BCUT2D eigenvalue weighted by Crippen LogP contribution is -2.30. The van der Waals surface area contributed by atoms with Gasteiger partial charge in [-0.1, -0.05) is 0 Å². The highest BCUT2D eigenvalue weighted by atomic mass is 16.4. The summed E-state index contributed by atoms with van der Waals surface area (Å²) in [5.74, 6) is -8.41. The number of nitrogens with one attached hydrogen (secondary N) is 1. The van der Waals surface area contributed by atoms with Gasteiger partial charge in [-0.15, -0.1) is 0 Å². The number of benzene rings is 2. The summed E-state index contributed by atoms with van der Waals surface area (Å²) >= 11 is 0. The van der Waals surface area contributed by atoms with Crippen LogP contribution in [0.2, 0.25) is 0 Å². The first kappa shape index (κ1) is 20.0. The van der Waals surface area contributed by atoms with Crippen LogP contribution in [0.4, 0.5) is 0 Å². The van der Waals surface area contributed by atoms with Crippen LogP contribution in [-0.2, 0) is 11.2 Å². The molecule has 2 aromatic rings. The van der Waals surface area contributed by atoms with Crippen molar-refractivity contribution >= 4 is 23.8 Å². The van der Waals surface area contributed by atoms with Gasteiger partial charge in [0.1, 0.15) is 28.6 Å². The molecule has 0 heterocycles. The number of aromatic carboxylic acids is 1. The van der Waals surface area contributed by atoms with Gasteiger partial charge < -0.3 is 30.6 Å². The number of carboxylic acids is 2. The minimum atomic E-state index is -1.56. The molecule has 0 aliphatic rings. The zero-order valence-corrected chi connectivity index (χ0v) is 13.8. The SMILES string of the molecule is O=C(O)Cc1cc(O)cc(C(=O)NC(=O)c2cc(O)c(C(=O)O)cc2O)c1O. The third kappa shape index (κ3) is 4.09. The van der Waals surface area contributed by atoms with Crippen molar-refractivity contribution in [3.05, 3.63) is 46.5 Å². The Kier molecular flexibility index (Phi) is 5.39. The summed E-state index contributed by atoms with van der Waals surface area (Å²) in [6.07, 6.45) is -0.709. The van der Waals surface area contributed by atoms with E-state index < -0.39 is 69.9 Å². The molecule has 0 radical (unpaired) electrons. The lowest BCUT2D eigenvalue weighted by atomic mass is 10.0. The topological polar surface area (TPSA) is 202 Å². The van der Waals surface area contributed by atoms with E-state index in [2.05, 4.69) is 0 Å². The fourth-order valence-electron chi connectivity index (χ4n) is 2.32. The van der Waals surface area contributed by atoms with Crippen LogP contribution in [0.1, 0.15) is 36.6 Å². The maximum atomic E-state index is 12.2. The Morgan fingerprint density at radius 1 is 0.750 bits per heavy atom. The number of imide groups is 1. The lowest BCUT2D eigenvalue weighted by molar-refractivity contribution is -0.136. The summed E-state index contributed by atoms with van der Waals surface area (Å²) in [7, 11) is 0. The van der Waals surface area contributed by atoms with E-state index in [1.54, 1.807) is 5.32 Å². The smallest absolute Gasteiger partial charge is 0.339 e. The molecule has 2 rings (SSSR count). The third-order valence-corrected chi connectivity index (χ3v) is 3.58. The number of carboxylic acid groups (broad SMARTS) is 2. The van der Waals surface area contributed by atoms with E-state index in [-0.39, 0.29) is 5.56 Å². The Morgan fingerprint density at radius 3 is 1.86 bits per heavy atom. The summed E-state index contributed by atoms with van der Waals surface area (Å²) < 4.78 is 0. The molecule has 28 heavy (non-hydrogen) atoms. The lowest BCUT2D eigenvalue weighted by Gasteiger charge is -2.11. The number of carbonyl (C=O) groups excluding carboxylic acids is 2. The fourth-order valence-corrected chi connectivity index (χ4v) is 2.32. The maximum Gasteiger partial charge on any atom is 0.339 e. The number of carbonyl (C=O) groups is 4. The van der Waals surface area contributed by atoms with E-state index >= 15 is 0 Å². The molecule has 2 aromatic carbocycles. The van der Waals surface area contributed by atoms with E-state index in [1.165, 1.54) is 0 Å². The number of hydrogen-bond acceptors (Lipinski definition) is 8. The molecular formula is C17H13NO10. The second kappa shape index (κ2) is 7.53. The van der Waals surface area contributed by atoms with Crippen LogP contribution in [0, 0.1) is 0 Å². The highest BCUT2D eigenvalue weighted by molar-refractivity contribution is 6.13. The highest BCUT2D eigenvalue weighted by Gasteiger charge is 2.23. The van der Waals surface area contributed by atoms with Gasteiger partial charge in [-0.2, -0.15) is 0 Å². The van der Waals surface area contributed by atoms with E-state index in [4.69, 9.17) is 10.2 Å². The van der Waals surface area contributed by atoms with Gasteiger partial charge in [0.25, 0.3) is 11.8 Å². The first-order chi connectivity index (χ1) is 13.0. The summed E-state index contributed by atoms with van der Waals surface area (Å²) in [4.78, 5) is 46.0. The molecule has 0 aromatic heterocycles. The summed E-state index contributed by atoms with van der Waals surface area (Å²) in [5, 5.41) is 58.4. The number of aromatic hydroxyl groups is 4. The first-order valence-electron chi connectivity index (χ1n) is 7.42. The fraction of sp³-hybridized carbons (Fsp3) is 0.0588. The predicted molar refractivity (Wildman–Crippen MR) is 89.6 cm³/mol. The van der Waals surface area contributed by atoms with Crippen LogP contribution in [0.3, 0.4) is 0 Å². The Bertz CT molecular complexity index is 1010. The van der Waals surface area contributed by atoms with E-state index in [1.807, 2.05) is 0 Å². The van der Waals surface area contributed by atoms with Gasteiger partial charge in [0.05, 0.1) is 17.5 Å². The second-order valence-electron chi connectivity index (χ2n) is 5.55. The molecule has 7 N–H and O–H groups in total. The van der Waals surface area contributed by atoms with Gasteiger partial charge in [-0.05, 0) is 24.3 Å². The molecule has 146 valence electrons. The summed E-state index contributed by atoms with van der Waals surface area (Å²) in [6.45, 7) is 0. The van der Waals surface area contributed by atoms with Crippen molar-refractivity contribution in [2.75, 3.05) is 0 Å². The van der Waals surface area contributed by atoms with Crippen molar-refractivity contribution in [1.82, 2.24) is 5.32 Å². The summed E-state index contributed by atoms with van der Waals surface area (Å²) in [6, 6.07) is 2.94. The van der Waals surface area contributed by atoms with Gasteiger partial charge in [0.2, 0.25) is 0 Å². The molecule has 11 heteroatoms. The van der Waals surface area contributed by atoms with Crippen LogP contribution in [0.15, 0.2) is 24.3 Å². The van der Waals surface area contributed by atoms with Crippen molar-refractivity contribution in [3.63, 3.8) is 0 Å². The van der Waals surface area contributed by atoms with E-state index in [0.717, 1.165) is 12.1 Å². The molecule has 0 atom stereocenters. The first-order valence-corrected chi connectivity index (χ1v) is 7.42. The van der Waals surface area contributed by atoms with E-state index in [0.29, 0.717) is 12.1 Å². The predicted octanol–water partition coefficient (Wildman–Crippen LogP) is 0.404. The minimum absolute atomic E-state index is 0.281. The molecule has 0 fully saturated rings. The van der Waals surface area contributed by atoms with Crippen molar-refractivity contribution in [3.8, 4) is 23.0 Å². The number of phenols is 4. The van der Waals surface area contributed by atoms with Crippen LogP contribution in [-0.4, -0.2) is 54.4 Å². The molecule has 0 spiro atoms. The van der Waals surface area contributed by atoms with Gasteiger partial charge in [-0.25, -0.2) is 4.79 Å². The molecule has 0 saturated heterocycles. The van der Waals surface area contributed by atoms with Crippen LogP contribution in [0.5, 0.6) is 23.0 Å². The number of aliphatic carboxylic acids is 1. The zero-order chi connectivity index (χ0) is 21.2. The number of amides is 2. The van der Waals surface area contributed by atoms with E-state index in [9.17, 15) is 39.6 Å². The van der Waals surface area contributed by atoms with Crippen molar-refractivity contribution < 1.29 is 49.8 Å². The Balaban J connectivity index is 2.34. The minimum Gasteiger partial charge on any atom is -0.508 e. The monoisotopic (exact) mass is 391 g/mol. The van der Waals surface area contributed by atoms with Gasteiger partial charge in [-0.3, -0.25) is 19.7 Å². The zero-order valence-electron chi connectivity index (χ0n) is 13.8. The van der Waals surface area contributed by atoms with Crippen LogP contribution >= 0.6 is 0 Å².